The number of nitrogens with one attached hydrogen (secondary N) is 2. The van der Waals surface area contributed by atoms with E-state index in [0.717, 1.165) is 55.4 Å². The molecule has 2 saturated carbocycles. The molecular formula is C48H52FN7O7. The molecule has 0 spiro atoms. The Morgan fingerprint density at radius 3 is 2.33 bits per heavy atom. The Balaban J connectivity index is 0.947. The molecule has 5 aromatic rings. The summed E-state index contributed by atoms with van der Waals surface area (Å²) in [5, 5.41) is 9.82. The molecule has 328 valence electrons. The fourth-order valence-electron chi connectivity index (χ4n) is 9.33. The number of likely N-dealkylation sites (tertiary alicyclic amines) is 1. The molecule has 15 heteroatoms. The van der Waals surface area contributed by atoms with Crippen LogP contribution in [0.25, 0.3) is 22.3 Å². The van der Waals surface area contributed by atoms with Crippen molar-refractivity contribution in [2.24, 2.45) is 22.9 Å². The molecule has 2 N–H and O–H groups in total. The number of fused-ring (bicyclic) bond motifs is 2. The van der Waals surface area contributed by atoms with Crippen molar-refractivity contribution in [3.05, 3.63) is 95.7 Å². The Hall–Kier alpha value is -6.51. The van der Waals surface area contributed by atoms with Gasteiger partial charge in [0, 0.05) is 54.7 Å². The molecule has 63 heavy (non-hydrogen) atoms. The number of halogens is 1. The lowest BCUT2D eigenvalue weighted by molar-refractivity contribution is -0.143. The number of hydrogen-bond donors (Lipinski definition) is 2. The van der Waals surface area contributed by atoms with E-state index in [-0.39, 0.29) is 47.4 Å². The number of hydrogen-bond acceptors (Lipinski definition) is 10. The van der Waals surface area contributed by atoms with Crippen molar-refractivity contribution in [1.29, 1.82) is 0 Å². The number of ether oxygens (including phenoxy) is 4. The zero-order chi connectivity index (χ0) is 43.6. The molecule has 3 atom stereocenters. The van der Waals surface area contributed by atoms with E-state index in [2.05, 4.69) is 20.3 Å². The maximum Gasteiger partial charge on any atom is 0.255 e. The Labute approximate surface area is 365 Å². The maximum atomic E-state index is 14.9. The lowest BCUT2D eigenvalue weighted by Gasteiger charge is -2.43. The first-order valence-electron chi connectivity index (χ1n) is 21.8. The summed E-state index contributed by atoms with van der Waals surface area (Å²) in [6, 6.07) is 17.1. The lowest BCUT2D eigenvalue weighted by Crippen LogP contribution is -2.55. The van der Waals surface area contributed by atoms with Gasteiger partial charge in [0.1, 0.15) is 29.3 Å². The Bertz CT molecular complexity index is 2540. The summed E-state index contributed by atoms with van der Waals surface area (Å²) in [6.07, 6.45) is 10.1. The standard InChI is InChI=1S/C48H52FN7O7/c1-60-38-16-15-30(22-41(38)62-3)42-32-11-7-8-12-33(32)47(58)56(54-42)31-17-19-55(20-18-31)48(59)37(21-28-9-5-4-6-10-28)53-46(57)35-25-50-45-43(51-27-52-44(35)45)34-23-40(61-2)36(49)24-39(34)63-26-29-13-14-29/h4-6,9-10,15-16,22-25,27,29,31-33,37,50H,7-8,11-14,17-21,26H2,1-3H3,(H,53,57)/t32-,33+,37+/m0/s1. The third kappa shape index (κ3) is 8.52. The summed E-state index contributed by atoms with van der Waals surface area (Å²) >= 11 is 0. The van der Waals surface area contributed by atoms with Crippen molar-refractivity contribution in [3.63, 3.8) is 0 Å². The molecule has 3 amide bonds. The Morgan fingerprint density at radius 2 is 1.60 bits per heavy atom. The molecular weight excluding hydrogens is 806 g/mol. The fraction of sp³-hybridized carbons (Fsp3) is 0.417. The quantitative estimate of drug-likeness (QED) is 0.120. The lowest BCUT2D eigenvalue weighted by atomic mass is 9.73. The van der Waals surface area contributed by atoms with Gasteiger partial charge in [-0.3, -0.25) is 14.4 Å². The van der Waals surface area contributed by atoms with E-state index in [4.69, 9.17) is 24.0 Å². The van der Waals surface area contributed by atoms with Crippen molar-refractivity contribution in [1.82, 2.24) is 30.2 Å². The topological polar surface area (TPSA) is 161 Å². The first kappa shape index (κ1) is 41.8. The third-order valence-corrected chi connectivity index (χ3v) is 13.0. The van der Waals surface area contributed by atoms with E-state index < -0.39 is 17.8 Å². The number of piperidine rings is 1. The minimum absolute atomic E-state index is 0.0229. The number of aromatic amines is 1. The highest BCUT2D eigenvalue weighted by molar-refractivity contribution is 6.09. The molecule has 3 fully saturated rings. The summed E-state index contributed by atoms with van der Waals surface area (Å²) in [5.74, 6) is 0.640. The predicted octanol–water partition coefficient (Wildman–Crippen LogP) is 6.96. The summed E-state index contributed by atoms with van der Waals surface area (Å²) in [6.45, 7) is 1.23. The minimum atomic E-state index is -0.902. The second-order valence-corrected chi connectivity index (χ2v) is 16.9. The van der Waals surface area contributed by atoms with Crippen LogP contribution in [0.5, 0.6) is 23.0 Å². The molecule has 0 bridgehead atoms. The molecule has 2 aromatic heterocycles. The molecule has 4 aliphatic rings. The van der Waals surface area contributed by atoms with Crippen LogP contribution in [0.1, 0.15) is 72.9 Å². The molecule has 0 unspecified atom stereocenters. The van der Waals surface area contributed by atoms with Crippen molar-refractivity contribution in [2.45, 2.75) is 69.9 Å². The van der Waals surface area contributed by atoms with Crippen LogP contribution in [-0.4, -0.2) is 101 Å². The van der Waals surface area contributed by atoms with Gasteiger partial charge in [-0.2, -0.15) is 5.10 Å². The van der Waals surface area contributed by atoms with Gasteiger partial charge in [0.15, 0.2) is 23.1 Å². The number of nitrogens with zero attached hydrogens (tertiary/aromatic N) is 5. The van der Waals surface area contributed by atoms with Gasteiger partial charge in [-0.15, -0.1) is 0 Å². The average molecular weight is 858 g/mol. The van der Waals surface area contributed by atoms with Gasteiger partial charge in [0.2, 0.25) is 11.8 Å². The van der Waals surface area contributed by atoms with Crippen LogP contribution in [0.3, 0.4) is 0 Å². The van der Waals surface area contributed by atoms with Gasteiger partial charge in [-0.1, -0.05) is 43.2 Å². The summed E-state index contributed by atoms with van der Waals surface area (Å²) in [4.78, 5) is 56.9. The van der Waals surface area contributed by atoms with Gasteiger partial charge in [0.05, 0.1) is 50.8 Å². The van der Waals surface area contributed by atoms with Gasteiger partial charge >= 0.3 is 0 Å². The number of amides is 3. The first-order chi connectivity index (χ1) is 30.7. The van der Waals surface area contributed by atoms with Crippen LogP contribution in [0.4, 0.5) is 4.39 Å². The highest BCUT2D eigenvalue weighted by atomic mass is 19.1. The molecule has 1 saturated heterocycles. The smallest absolute Gasteiger partial charge is 0.255 e. The average Bonchev–Trinajstić information content (AvgIpc) is 4.06. The highest BCUT2D eigenvalue weighted by Gasteiger charge is 2.44. The number of aromatic nitrogens is 3. The van der Waals surface area contributed by atoms with Gasteiger partial charge < -0.3 is 34.1 Å². The monoisotopic (exact) mass is 857 g/mol. The van der Waals surface area contributed by atoms with Gasteiger partial charge in [-0.05, 0) is 74.3 Å². The van der Waals surface area contributed by atoms with Crippen LogP contribution >= 0.6 is 0 Å². The highest BCUT2D eigenvalue weighted by Crippen LogP contribution is 2.42. The number of carbonyl (C=O) groups excluding carboxylic acids is 3. The van der Waals surface area contributed by atoms with E-state index in [0.29, 0.717) is 78.0 Å². The molecule has 2 aliphatic heterocycles. The first-order valence-corrected chi connectivity index (χ1v) is 21.8. The van der Waals surface area contributed by atoms with Crippen LogP contribution in [0, 0.1) is 23.6 Å². The molecule has 14 nitrogen and oxygen atoms in total. The van der Waals surface area contributed by atoms with E-state index >= 15 is 0 Å². The normalized spacial score (nSPS) is 19.6. The van der Waals surface area contributed by atoms with E-state index in [1.807, 2.05) is 48.5 Å². The second-order valence-electron chi connectivity index (χ2n) is 16.9. The van der Waals surface area contributed by atoms with Crippen LogP contribution in [0.2, 0.25) is 0 Å². The van der Waals surface area contributed by atoms with Crippen molar-refractivity contribution in [3.8, 4) is 34.3 Å². The van der Waals surface area contributed by atoms with Crippen LogP contribution in [-0.2, 0) is 16.0 Å². The molecule has 4 heterocycles. The Kier molecular flexibility index (Phi) is 12.0. The third-order valence-electron chi connectivity index (χ3n) is 13.0. The SMILES string of the molecule is COc1cc(-c2ncnc3c(C(=O)N[C@H](Cc4ccccc4)C(=O)N4CCC(N5N=C(c6ccc(OC)c(OC)c6)[C@H]6CCCC[C@H]6C5=O)CC4)c[nH]c23)c(OCC2CC2)cc1F. The largest absolute Gasteiger partial charge is 0.494 e. The molecule has 9 rings (SSSR count). The van der Waals surface area contributed by atoms with Gasteiger partial charge in [-0.25, -0.2) is 19.4 Å². The maximum absolute atomic E-state index is 14.9. The Morgan fingerprint density at radius 1 is 0.857 bits per heavy atom. The van der Waals surface area contributed by atoms with Crippen LogP contribution in [0.15, 0.2) is 78.3 Å². The number of methoxy groups -OCH3 is 3. The summed E-state index contributed by atoms with van der Waals surface area (Å²) in [5.41, 5.74) is 4.59. The summed E-state index contributed by atoms with van der Waals surface area (Å²) in [7, 11) is 4.60. The number of rotatable bonds is 14. The van der Waals surface area contributed by atoms with E-state index in [1.54, 1.807) is 30.3 Å². The molecule has 0 radical (unpaired) electrons. The van der Waals surface area contributed by atoms with Crippen molar-refractivity contribution < 1.29 is 37.7 Å². The van der Waals surface area contributed by atoms with Gasteiger partial charge in [0.25, 0.3) is 5.91 Å². The number of H-pyrrole nitrogens is 1. The van der Waals surface area contributed by atoms with Crippen molar-refractivity contribution >= 4 is 34.5 Å². The predicted molar refractivity (Wildman–Crippen MR) is 233 cm³/mol. The minimum Gasteiger partial charge on any atom is -0.494 e. The number of hydrazone groups is 1. The number of carbonyl (C=O) groups is 3. The fourth-order valence-corrected chi connectivity index (χ4v) is 9.33. The second kappa shape index (κ2) is 18.1. The number of benzene rings is 3. The summed E-state index contributed by atoms with van der Waals surface area (Å²) < 4.78 is 37.4. The zero-order valence-corrected chi connectivity index (χ0v) is 35.8. The molecule has 3 aromatic carbocycles. The zero-order valence-electron chi connectivity index (χ0n) is 35.8. The van der Waals surface area contributed by atoms with E-state index in [9.17, 15) is 18.8 Å². The van der Waals surface area contributed by atoms with Crippen molar-refractivity contribution in [2.75, 3.05) is 41.0 Å². The van der Waals surface area contributed by atoms with E-state index in [1.165, 1.54) is 25.6 Å². The van der Waals surface area contributed by atoms with Crippen LogP contribution < -0.4 is 24.3 Å². The molecule has 2 aliphatic carbocycles.